The van der Waals surface area contributed by atoms with E-state index in [0.717, 1.165) is 36.8 Å². The molecule has 2 fully saturated rings. The molecule has 1 aliphatic heterocycles. The van der Waals surface area contributed by atoms with Crippen molar-refractivity contribution < 1.29 is 18.7 Å². The first-order valence-electron chi connectivity index (χ1n) is 10.5. The summed E-state index contributed by atoms with van der Waals surface area (Å²) in [6.45, 7) is 9.48. The first-order valence-corrected chi connectivity index (χ1v) is 10.5. The Morgan fingerprint density at radius 1 is 1.17 bits per heavy atom. The topological polar surface area (TPSA) is 69.0 Å². The van der Waals surface area contributed by atoms with Crippen LogP contribution in [0.1, 0.15) is 51.2 Å². The van der Waals surface area contributed by atoms with Crippen LogP contribution in [0.3, 0.4) is 0 Å². The second-order valence-corrected chi connectivity index (χ2v) is 10.1. The van der Waals surface area contributed by atoms with E-state index < -0.39 is 5.63 Å². The maximum atomic E-state index is 13.3. The number of carbonyl (C=O) groups excluding carboxylic acids is 1. The molecule has 30 heavy (non-hydrogen) atoms. The first kappa shape index (κ1) is 20.8. The number of likely N-dealkylation sites (tertiary alicyclic amines) is 1. The minimum Gasteiger partial charge on any atom is -0.493 e. The first-order chi connectivity index (χ1) is 14.1. The smallest absolute Gasteiger partial charge is 0.340 e. The largest absolute Gasteiger partial charge is 0.493 e. The molecule has 0 radical (unpaired) electrons. The Kier molecular flexibility index (Phi) is 4.87. The van der Waals surface area contributed by atoms with E-state index in [1.807, 2.05) is 11.8 Å². The minimum absolute atomic E-state index is 0.0108. The second-order valence-electron chi connectivity index (χ2n) is 10.1. The van der Waals surface area contributed by atoms with Crippen LogP contribution >= 0.6 is 0 Å². The van der Waals surface area contributed by atoms with Crippen LogP contribution in [0.5, 0.6) is 11.5 Å². The van der Waals surface area contributed by atoms with Gasteiger partial charge in [-0.05, 0) is 48.6 Å². The molecule has 1 amide bonds. The number of carbonyl (C=O) groups is 1. The molecule has 1 aliphatic carbocycles. The number of ether oxygens (including phenoxy) is 2. The Bertz CT molecular complexity index is 1070. The normalized spacial score (nSPS) is 24.9. The lowest BCUT2D eigenvalue weighted by atomic mass is 9.65. The number of benzene rings is 1. The van der Waals surface area contributed by atoms with Crippen LogP contribution in [0.2, 0.25) is 0 Å². The zero-order valence-electron chi connectivity index (χ0n) is 18.8. The lowest BCUT2D eigenvalue weighted by Gasteiger charge is -2.39. The third-order valence-corrected chi connectivity index (χ3v) is 6.85. The number of amides is 1. The van der Waals surface area contributed by atoms with Crippen LogP contribution in [-0.4, -0.2) is 37.6 Å². The van der Waals surface area contributed by atoms with Crippen LogP contribution in [0, 0.1) is 17.8 Å². The molecule has 2 bridgehead atoms. The van der Waals surface area contributed by atoms with E-state index in [4.69, 9.17) is 13.9 Å². The maximum absolute atomic E-state index is 13.3. The number of nitrogens with zero attached hydrogens (tertiary/aromatic N) is 1. The monoisotopic (exact) mass is 413 g/mol. The van der Waals surface area contributed by atoms with Crippen molar-refractivity contribution in [1.82, 2.24) is 4.90 Å². The molecule has 6 nitrogen and oxygen atoms in total. The molecule has 0 spiro atoms. The Labute approximate surface area is 177 Å². The fourth-order valence-electron chi connectivity index (χ4n) is 5.92. The number of hydrogen-bond donors (Lipinski definition) is 0. The number of aryl methyl sites for hydroxylation is 1. The third-order valence-electron chi connectivity index (χ3n) is 6.85. The van der Waals surface area contributed by atoms with Gasteiger partial charge in [0.05, 0.1) is 26.2 Å². The van der Waals surface area contributed by atoms with Gasteiger partial charge in [-0.25, -0.2) is 4.79 Å². The second kappa shape index (κ2) is 7.03. The van der Waals surface area contributed by atoms with Crippen LogP contribution < -0.4 is 15.1 Å². The van der Waals surface area contributed by atoms with Gasteiger partial charge < -0.3 is 18.8 Å². The highest BCUT2D eigenvalue weighted by molar-refractivity contribution is 5.87. The highest BCUT2D eigenvalue weighted by Crippen LogP contribution is 2.52. The quantitative estimate of drug-likeness (QED) is 0.706. The molecule has 0 unspecified atom stereocenters. The van der Waals surface area contributed by atoms with Crippen molar-refractivity contribution in [3.8, 4) is 11.5 Å². The standard InChI is InChI=1S/C24H31NO5/c1-14-16-7-19(28-5)20(29-6)9-18(16)30-22(27)17(14)8-21(26)25-13-24(4)11-15(25)10-23(2,3)12-24/h7,9,15H,8,10-13H2,1-6H3/t15-,24+/m1/s1. The lowest BCUT2D eigenvalue weighted by molar-refractivity contribution is -0.131. The fourth-order valence-corrected chi connectivity index (χ4v) is 5.92. The molecule has 2 heterocycles. The molecule has 4 rings (SSSR count). The molecule has 1 aromatic heterocycles. The van der Waals surface area contributed by atoms with E-state index in [2.05, 4.69) is 20.8 Å². The van der Waals surface area contributed by atoms with Gasteiger partial charge in [0.2, 0.25) is 5.91 Å². The van der Waals surface area contributed by atoms with E-state index >= 15 is 0 Å². The number of hydrogen-bond acceptors (Lipinski definition) is 5. The predicted molar refractivity (Wildman–Crippen MR) is 115 cm³/mol. The molecule has 6 heteroatoms. The minimum atomic E-state index is -0.464. The van der Waals surface area contributed by atoms with Gasteiger partial charge in [0, 0.05) is 24.0 Å². The Morgan fingerprint density at radius 3 is 2.50 bits per heavy atom. The van der Waals surface area contributed by atoms with Gasteiger partial charge in [-0.1, -0.05) is 20.8 Å². The average molecular weight is 414 g/mol. The summed E-state index contributed by atoms with van der Waals surface area (Å²) in [5, 5.41) is 0.753. The maximum Gasteiger partial charge on any atom is 0.340 e. The van der Waals surface area contributed by atoms with Gasteiger partial charge in [0.1, 0.15) is 5.58 Å². The summed E-state index contributed by atoms with van der Waals surface area (Å²) in [4.78, 5) is 28.0. The van der Waals surface area contributed by atoms with Crippen LogP contribution in [0.15, 0.2) is 21.3 Å². The van der Waals surface area contributed by atoms with E-state index in [0.29, 0.717) is 22.6 Å². The summed E-state index contributed by atoms with van der Waals surface area (Å²) >= 11 is 0. The number of fused-ring (bicyclic) bond motifs is 3. The van der Waals surface area contributed by atoms with E-state index in [9.17, 15) is 9.59 Å². The van der Waals surface area contributed by atoms with Crippen LogP contribution in [0.4, 0.5) is 0 Å². The van der Waals surface area contributed by atoms with Crippen LogP contribution in [0.25, 0.3) is 11.0 Å². The average Bonchev–Trinajstić information content (AvgIpc) is 2.92. The summed E-state index contributed by atoms with van der Waals surface area (Å²) in [6.07, 6.45) is 3.24. The Balaban J connectivity index is 1.67. The Hall–Kier alpha value is -2.50. The molecule has 2 aromatic rings. The van der Waals surface area contributed by atoms with E-state index in [1.165, 1.54) is 7.11 Å². The molecule has 162 valence electrons. The molecule has 2 atom stereocenters. The van der Waals surface area contributed by atoms with Crippen molar-refractivity contribution in [2.75, 3.05) is 20.8 Å². The van der Waals surface area contributed by atoms with Gasteiger partial charge in [-0.2, -0.15) is 0 Å². The molecule has 2 aliphatic rings. The molecular weight excluding hydrogens is 382 g/mol. The highest BCUT2D eigenvalue weighted by Gasteiger charge is 2.50. The molecule has 1 saturated heterocycles. The van der Waals surface area contributed by atoms with Gasteiger partial charge in [0.25, 0.3) is 0 Å². The van der Waals surface area contributed by atoms with E-state index in [1.54, 1.807) is 19.2 Å². The van der Waals surface area contributed by atoms with Gasteiger partial charge in [0.15, 0.2) is 11.5 Å². The summed E-state index contributed by atoms with van der Waals surface area (Å²) in [5.74, 6) is 1.07. The predicted octanol–water partition coefficient (Wildman–Crippen LogP) is 4.09. The third kappa shape index (κ3) is 3.46. The summed E-state index contributed by atoms with van der Waals surface area (Å²) in [6, 6.07) is 3.71. The van der Waals surface area contributed by atoms with Crippen molar-refractivity contribution >= 4 is 16.9 Å². The van der Waals surface area contributed by atoms with Gasteiger partial charge in [-0.3, -0.25) is 4.79 Å². The van der Waals surface area contributed by atoms with Crippen LogP contribution in [-0.2, 0) is 11.2 Å². The summed E-state index contributed by atoms with van der Waals surface area (Å²) in [7, 11) is 3.10. The van der Waals surface area contributed by atoms with E-state index in [-0.39, 0.29) is 29.2 Å². The van der Waals surface area contributed by atoms with Crippen molar-refractivity contribution in [3.63, 3.8) is 0 Å². The zero-order valence-corrected chi connectivity index (χ0v) is 18.8. The van der Waals surface area contributed by atoms with Crippen molar-refractivity contribution in [2.45, 2.75) is 59.4 Å². The van der Waals surface area contributed by atoms with Crippen molar-refractivity contribution in [3.05, 3.63) is 33.7 Å². The fraction of sp³-hybridized carbons (Fsp3) is 0.583. The Morgan fingerprint density at radius 2 is 1.83 bits per heavy atom. The molecule has 1 saturated carbocycles. The molecule has 1 aromatic carbocycles. The summed E-state index contributed by atoms with van der Waals surface area (Å²) < 4.78 is 16.3. The zero-order chi connectivity index (χ0) is 21.8. The summed E-state index contributed by atoms with van der Waals surface area (Å²) in [5.41, 5.74) is 1.54. The van der Waals surface area contributed by atoms with Gasteiger partial charge >= 0.3 is 5.63 Å². The molecular formula is C24H31NO5. The SMILES string of the molecule is COc1cc2oc(=O)c(CC(=O)N3C[C@@]4(C)C[C@H]3CC(C)(C)C4)c(C)c2cc1OC. The van der Waals surface area contributed by atoms with Crippen molar-refractivity contribution in [1.29, 1.82) is 0 Å². The number of rotatable bonds is 4. The van der Waals surface area contributed by atoms with Crippen molar-refractivity contribution in [2.24, 2.45) is 10.8 Å². The lowest BCUT2D eigenvalue weighted by Crippen LogP contribution is -2.39. The molecule has 0 N–H and O–H groups in total. The van der Waals surface area contributed by atoms with Gasteiger partial charge in [-0.15, -0.1) is 0 Å². The highest BCUT2D eigenvalue weighted by atomic mass is 16.5. The number of methoxy groups -OCH3 is 2.